The van der Waals surface area contributed by atoms with Crippen LogP contribution in [-0.2, 0) is 0 Å². The Balaban J connectivity index is 1.96. The number of hydrogen-bond donors (Lipinski definition) is 1. The van der Waals surface area contributed by atoms with E-state index in [0.717, 1.165) is 18.1 Å². The van der Waals surface area contributed by atoms with Gasteiger partial charge in [0, 0.05) is 12.6 Å². The molecule has 3 nitrogen and oxygen atoms in total. The number of nitrogens with one attached hydrogen (secondary N) is 1. The molecule has 0 saturated heterocycles. The summed E-state index contributed by atoms with van der Waals surface area (Å²) in [4.78, 5) is 6.97. The van der Waals surface area contributed by atoms with Crippen LogP contribution in [0.4, 0.5) is 0 Å². The summed E-state index contributed by atoms with van der Waals surface area (Å²) in [6.45, 7) is 0.799. The summed E-state index contributed by atoms with van der Waals surface area (Å²) in [6, 6.07) is 20.7. The van der Waals surface area contributed by atoms with Gasteiger partial charge in [0.15, 0.2) is 0 Å². The van der Waals surface area contributed by atoms with Crippen molar-refractivity contribution in [2.45, 2.75) is 6.17 Å². The summed E-state index contributed by atoms with van der Waals surface area (Å²) in [5, 5.41) is 3.42. The molecule has 0 spiro atoms. The molecule has 96 valence electrons. The molecule has 1 aliphatic heterocycles. The second-order valence-electron chi connectivity index (χ2n) is 4.69. The van der Waals surface area contributed by atoms with Crippen LogP contribution >= 0.6 is 0 Å². The molecule has 0 amide bonds. The minimum absolute atomic E-state index is 0.0348. The zero-order valence-electron chi connectivity index (χ0n) is 11.0. The van der Waals surface area contributed by atoms with Gasteiger partial charge in [-0.05, 0) is 5.56 Å². The lowest BCUT2D eigenvalue weighted by Gasteiger charge is -2.31. The smallest absolute Gasteiger partial charge is 0.133 e. The van der Waals surface area contributed by atoms with E-state index in [1.165, 1.54) is 5.56 Å². The van der Waals surface area contributed by atoms with Crippen LogP contribution in [0.5, 0.6) is 0 Å². The van der Waals surface area contributed by atoms with Crippen molar-refractivity contribution in [1.29, 1.82) is 0 Å². The third-order valence-electron chi connectivity index (χ3n) is 3.28. The molecule has 3 rings (SSSR count). The maximum absolute atomic E-state index is 4.83. The molecule has 1 atom stereocenters. The van der Waals surface area contributed by atoms with E-state index in [0.29, 0.717) is 0 Å². The van der Waals surface area contributed by atoms with Gasteiger partial charge in [0.2, 0.25) is 0 Å². The van der Waals surface area contributed by atoms with Crippen molar-refractivity contribution in [3.63, 3.8) is 0 Å². The van der Waals surface area contributed by atoms with Crippen LogP contribution in [0.15, 0.2) is 65.7 Å². The fraction of sp³-hybridized carbons (Fsp3) is 0.188. The molecule has 1 heterocycles. The van der Waals surface area contributed by atoms with E-state index < -0.39 is 0 Å². The molecular weight excluding hydrogens is 234 g/mol. The minimum atomic E-state index is 0.0348. The molecular formula is C16H17N3. The van der Waals surface area contributed by atoms with Gasteiger partial charge in [-0.1, -0.05) is 60.7 Å². The predicted octanol–water partition coefficient (Wildman–Crippen LogP) is 2.62. The molecule has 1 aliphatic rings. The van der Waals surface area contributed by atoms with Crippen molar-refractivity contribution in [2.75, 3.05) is 13.7 Å². The van der Waals surface area contributed by atoms with Crippen molar-refractivity contribution >= 4 is 5.84 Å². The van der Waals surface area contributed by atoms with Crippen molar-refractivity contribution in [3.05, 3.63) is 71.8 Å². The Morgan fingerprint density at radius 1 is 1.00 bits per heavy atom. The molecule has 1 unspecified atom stereocenters. The Morgan fingerprint density at radius 3 is 2.32 bits per heavy atom. The van der Waals surface area contributed by atoms with Crippen LogP contribution in [0.25, 0.3) is 0 Å². The van der Waals surface area contributed by atoms with Gasteiger partial charge in [-0.3, -0.25) is 5.32 Å². The van der Waals surface area contributed by atoms with E-state index >= 15 is 0 Å². The molecule has 19 heavy (non-hydrogen) atoms. The Hall–Kier alpha value is -2.13. The second-order valence-corrected chi connectivity index (χ2v) is 4.69. The standard InChI is InChI=1S/C16H17N3/c1-19-12-17-15(13-8-4-2-5-9-13)18-16(19)14-10-6-3-7-11-14/h2-11,15,17H,12H2,1H3. The van der Waals surface area contributed by atoms with Gasteiger partial charge in [0.05, 0.1) is 6.67 Å². The number of aliphatic imine (C=N–C) groups is 1. The second kappa shape index (κ2) is 5.24. The summed E-state index contributed by atoms with van der Waals surface area (Å²) in [7, 11) is 2.06. The van der Waals surface area contributed by atoms with Gasteiger partial charge in [-0.25, -0.2) is 4.99 Å². The number of amidine groups is 1. The molecule has 0 radical (unpaired) electrons. The molecule has 2 aromatic carbocycles. The van der Waals surface area contributed by atoms with Gasteiger partial charge in [0.1, 0.15) is 12.0 Å². The van der Waals surface area contributed by atoms with Crippen LogP contribution in [0.3, 0.4) is 0 Å². The number of benzene rings is 2. The molecule has 0 bridgehead atoms. The highest BCUT2D eigenvalue weighted by Crippen LogP contribution is 2.19. The van der Waals surface area contributed by atoms with Gasteiger partial charge in [-0.15, -0.1) is 0 Å². The van der Waals surface area contributed by atoms with Crippen molar-refractivity contribution < 1.29 is 0 Å². The van der Waals surface area contributed by atoms with E-state index in [1.54, 1.807) is 0 Å². The molecule has 0 saturated carbocycles. The summed E-state index contributed by atoms with van der Waals surface area (Å²) in [5.74, 6) is 1.04. The topological polar surface area (TPSA) is 27.6 Å². The lowest BCUT2D eigenvalue weighted by Crippen LogP contribution is -2.43. The highest BCUT2D eigenvalue weighted by atomic mass is 15.3. The van der Waals surface area contributed by atoms with Gasteiger partial charge in [0.25, 0.3) is 0 Å². The van der Waals surface area contributed by atoms with Crippen LogP contribution in [0.1, 0.15) is 17.3 Å². The Bertz CT molecular complexity index is 563. The first-order valence-corrected chi connectivity index (χ1v) is 6.47. The monoisotopic (exact) mass is 251 g/mol. The normalized spacial score (nSPS) is 19.1. The fourth-order valence-electron chi connectivity index (χ4n) is 2.27. The Labute approximate surface area is 113 Å². The van der Waals surface area contributed by atoms with E-state index in [4.69, 9.17) is 4.99 Å². The highest BCUT2D eigenvalue weighted by Gasteiger charge is 2.20. The van der Waals surface area contributed by atoms with E-state index in [9.17, 15) is 0 Å². The number of hydrogen-bond acceptors (Lipinski definition) is 3. The Morgan fingerprint density at radius 2 is 1.63 bits per heavy atom. The fourth-order valence-corrected chi connectivity index (χ4v) is 2.27. The minimum Gasteiger partial charge on any atom is -0.347 e. The van der Waals surface area contributed by atoms with Gasteiger partial charge >= 0.3 is 0 Å². The maximum Gasteiger partial charge on any atom is 0.133 e. The quantitative estimate of drug-likeness (QED) is 0.888. The van der Waals surface area contributed by atoms with Crippen molar-refractivity contribution in [1.82, 2.24) is 10.2 Å². The third-order valence-corrected chi connectivity index (χ3v) is 3.28. The van der Waals surface area contributed by atoms with Crippen LogP contribution in [-0.4, -0.2) is 24.5 Å². The summed E-state index contributed by atoms with van der Waals surface area (Å²) < 4.78 is 0. The average molecular weight is 251 g/mol. The maximum atomic E-state index is 4.83. The number of nitrogens with zero attached hydrogens (tertiary/aromatic N) is 2. The third kappa shape index (κ3) is 2.51. The van der Waals surface area contributed by atoms with E-state index in [-0.39, 0.29) is 6.17 Å². The van der Waals surface area contributed by atoms with Gasteiger partial charge < -0.3 is 4.90 Å². The molecule has 2 aromatic rings. The molecule has 1 N–H and O–H groups in total. The molecule has 0 aliphatic carbocycles. The Kier molecular flexibility index (Phi) is 3.29. The van der Waals surface area contributed by atoms with E-state index in [2.05, 4.69) is 41.5 Å². The first-order valence-electron chi connectivity index (χ1n) is 6.47. The zero-order chi connectivity index (χ0) is 13.1. The summed E-state index contributed by atoms with van der Waals surface area (Å²) >= 11 is 0. The molecule has 0 fully saturated rings. The lowest BCUT2D eigenvalue weighted by molar-refractivity contribution is 0.371. The zero-order valence-corrected chi connectivity index (χ0v) is 11.0. The predicted molar refractivity (Wildman–Crippen MR) is 77.9 cm³/mol. The first-order chi connectivity index (χ1) is 9.34. The number of rotatable bonds is 2. The van der Waals surface area contributed by atoms with Gasteiger partial charge in [-0.2, -0.15) is 0 Å². The average Bonchev–Trinajstić information content (AvgIpc) is 2.49. The van der Waals surface area contributed by atoms with Crippen LogP contribution < -0.4 is 5.32 Å². The van der Waals surface area contributed by atoms with E-state index in [1.807, 2.05) is 36.4 Å². The SMILES string of the molecule is CN1CNC(c2ccccc2)N=C1c1ccccc1. The largest absolute Gasteiger partial charge is 0.347 e. The summed E-state index contributed by atoms with van der Waals surface area (Å²) in [6.07, 6.45) is 0.0348. The summed E-state index contributed by atoms with van der Waals surface area (Å²) in [5.41, 5.74) is 2.36. The first kappa shape index (κ1) is 11.9. The molecule has 0 aromatic heterocycles. The van der Waals surface area contributed by atoms with Crippen molar-refractivity contribution in [3.8, 4) is 0 Å². The van der Waals surface area contributed by atoms with Crippen molar-refractivity contribution in [2.24, 2.45) is 4.99 Å². The van der Waals surface area contributed by atoms with Crippen LogP contribution in [0.2, 0.25) is 0 Å². The van der Waals surface area contributed by atoms with Crippen LogP contribution in [0, 0.1) is 0 Å². The lowest BCUT2D eigenvalue weighted by atomic mass is 10.1. The molecule has 3 heteroatoms. The highest BCUT2D eigenvalue weighted by molar-refractivity contribution is 5.99.